The van der Waals surface area contributed by atoms with Crippen LogP contribution < -0.4 is 4.90 Å². The van der Waals surface area contributed by atoms with Gasteiger partial charge in [0.1, 0.15) is 6.54 Å². The number of anilines is 1. The molecule has 1 atom stereocenters. The number of nitrogens with zero attached hydrogens (tertiary/aromatic N) is 2. The number of Topliss-reactive ketones (excluding diaryl/α,β-unsaturated/α-hetero) is 1. The molecule has 0 spiro atoms. The van der Waals surface area contributed by atoms with Gasteiger partial charge in [0, 0.05) is 28.7 Å². The molecule has 2 heterocycles. The van der Waals surface area contributed by atoms with Crippen LogP contribution in [0.5, 0.6) is 0 Å². The molecule has 0 bridgehead atoms. The number of benzene rings is 2. The molecule has 0 aliphatic carbocycles. The Morgan fingerprint density at radius 3 is 2.43 bits per heavy atom. The van der Waals surface area contributed by atoms with E-state index in [-0.39, 0.29) is 24.3 Å². The van der Waals surface area contributed by atoms with Crippen LogP contribution in [0.1, 0.15) is 35.5 Å². The van der Waals surface area contributed by atoms with Crippen LogP contribution in [0.15, 0.2) is 60.7 Å². The number of hydrogen-bond donors (Lipinski definition) is 0. The van der Waals surface area contributed by atoms with E-state index in [1.807, 2.05) is 71.0 Å². The number of para-hydroxylation sites is 1. The van der Waals surface area contributed by atoms with Crippen molar-refractivity contribution in [2.24, 2.45) is 0 Å². The standard InChI is InChI=1S/C24H24N2O2/c1-16-13-20-11-7-8-12-22(20)26(16)24(28)15-25-17(2)21(18(3)27)14-23(25)19-9-5-4-6-10-19/h4-12,14,16H,13,15H2,1-3H3/t16-/m0/s1. The lowest BCUT2D eigenvalue weighted by Gasteiger charge is -2.24. The summed E-state index contributed by atoms with van der Waals surface area (Å²) in [4.78, 5) is 27.3. The van der Waals surface area contributed by atoms with Gasteiger partial charge in [0.15, 0.2) is 5.78 Å². The van der Waals surface area contributed by atoms with Crippen LogP contribution in [0.4, 0.5) is 5.69 Å². The molecule has 1 aliphatic heterocycles. The Morgan fingerprint density at radius 1 is 1.04 bits per heavy atom. The third-order valence-corrected chi connectivity index (χ3v) is 5.58. The van der Waals surface area contributed by atoms with Crippen LogP contribution in [-0.4, -0.2) is 22.3 Å². The fourth-order valence-corrected chi connectivity index (χ4v) is 4.21. The lowest BCUT2D eigenvalue weighted by Crippen LogP contribution is -2.38. The van der Waals surface area contributed by atoms with Gasteiger partial charge in [0.05, 0.1) is 0 Å². The number of carbonyl (C=O) groups excluding carboxylic acids is 2. The lowest BCUT2D eigenvalue weighted by atomic mass is 10.1. The highest BCUT2D eigenvalue weighted by Crippen LogP contribution is 2.33. The van der Waals surface area contributed by atoms with Crippen LogP contribution in [0, 0.1) is 6.92 Å². The van der Waals surface area contributed by atoms with E-state index in [1.165, 1.54) is 5.56 Å². The second kappa shape index (κ2) is 7.12. The number of carbonyl (C=O) groups is 2. The summed E-state index contributed by atoms with van der Waals surface area (Å²) in [5, 5.41) is 0. The third kappa shape index (κ3) is 3.05. The normalized spacial score (nSPS) is 15.5. The average molecular weight is 372 g/mol. The number of hydrogen-bond acceptors (Lipinski definition) is 2. The fraction of sp³-hybridized carbons (Fsp3) is 0.250. The van der Waals surface area contributed by atoms with Crippen molar-refractivity contribution < 1.29 is 9.59 Å². The van der Waals surface area contributed by atoms with Gasteiger partial charge < -0.3 is 9.47 Å². The number of ketones is 1. The smallest absolute Gasteiger partial charge is 0.247 e. The van der Waals surface area contributed by atoms with Gasteiger partial charge in [-0.1, -0.05) is 48.5 Å². The summed E-state index contributed by atoms with van der Waals surface area (Å²) in [5.41, 5.74) is 5.61. The summed E-state index contributed by atoms with van der Waals surface area (Å²) >= 11 is 0. The monoisotopic (exact) mass is 372 g/mol. The van der Waals surface area contributed by atoms with E-state index < -0.39 is 0 Å². The Balaban J connectivity index is 1.74. The van der Waals surface area contributed by atoms with E-state index in [9.17, 15) is 9.59 Å². The Kier molecular flexibility index (Phi) is 4.63. The van der Waals surface area contributed by atoms with Crippen molar-refractivity contribution in [3.05, 3.63) is 77.5 Å². The van der Waals surface area contributed by atoms with Crippen molar-refractivity contribution in [2.75, 3.05) is 4.90 Å². The maximum atomic E-state index is 13.3. The largest absolute Gasteiger partial charge is 0.335 e. The number of aromatic nitrogens is 1. The minimum absolute atomic E-state index is 0.0146. The molecule has 1 aromatic heterocycles. The molecule has 0 N–H and O–H groups in total. The molecular formula is C24H24N2O2. The predicted molar refractivity (Wildman–Crippen MR) is 112 cm³/mol. The Morgan fingerprint density at radius 2 is 1.71 bits per heavy atom. The SMILES string of the molecule is CC(=O)c1cc(-c2ccccc2)n(CC(=O)N2c3ccccc3C[C@@H]2C)c1C. The zero-order valence-corrected chi connectivity index (χ0v) is 16.5. The first kappa shape index (κ1) is 18.2. The van der Waals surface area contributed by atoms with E-state index in [4.69, 9.17) is 0 Å². The average Bonchev–Trinajstić information content (AvgIpc) is 3.19. The quantitative estimate of drug-likeness (QED) is 0.626. The maximum absolute atomic E-state index is 13.3. The number of amides is 1. The van der Waals surface area contributed by atoms with Gasteiger partial charge in [-0.25, -0.2) is 0 Å². The molecule has 3 aromatic rings. The molecule has 142 valence electrons. The molecule has 4 rings (SSSR count). The molecular weight excluding hydrogens is 348 g/mol. The molecule has 0 saturated carbocycles. The van der Waals surface area contributed by atoms with E-state index in [2.05, 4.69) is 13.0 Å². The zero-order chi connectivity index (χ0) is 19.8. The summed E-state index contributed by atoms with van der Waals surface area (Å²) in [6.07, 6.45) is 0.872. The van der Waals surface area contributed by atoms with Gasteiger partial charge in [-0.15, -0.1) is 0 Å². The van der Waals surface area contributed by atoms with Crippen molar-refractivity contribution in [3.8, 4) is 11.3 Å². The van der Waals surface area contributed by atoms with Crippen molar-refractivity contribution in [1.29, 1.82) is 0 Å². The highest BCUT2D eigenvalue weighted by Gasteiger charge is 2.31. The molecule has 0 fully saturated rings. The predicted octanol–water partition coefficient (Wildman–Crippen LogP) is 4.64. The first-order chi connectivity index (χ1) is 13.5. The number of fused-ring (bicyclic) bond motifs is 1. The molecule has 1 amide bonds. The van der Waals surface area contributed by atoms with E-state index in [0.29, 0.717) is 5.56 Å². The third-order valence-electron chi connectivity index (χ3n) is 5.58. The fourth-order valence-electron chi connectivity index (χ4n) is 4.21. The lowest BCUT2D eigenvalue weighted by molar-refractivity contribution is -0.119. The highest BCUT2D eigenvalue weighted by molar-refractivity contribution is 5.99. The van der Waals surface area contributed by atoms with Gasteiger partial charge >= 0.3 is 0 Å². The van der Waals surface area contributed by atoms with Gasteiger partial charge in [-0.3, -0.25) is 9.59 Å². The zero-order valence-electron chi connectivity index (χ0n) is 16.5. The molecule has 0 saturated heterocycles. The van der Waals surface area contributed by atoms with Crippen LogP contribution in [0.3, 0.4) is 0 Å². The Hall–Kier alpha value is -3.14. The van der Waals surface area contributed by atoms with E-state index >= 15 is 0 Å². The maximum Gasteiger partial charge on any atom is 0.247 e. The van der Waals surface area contributed by atoms with Crippen molar-refractivity contribution >= 4 is 17.4 Å². The van der Waals surface area contributed by atoms with Crippen LogP contribution in [-0.2, 0) is 17.8 Å². The van der Waals surface area contributed by atoms with E-state index in [1.54, 1.807) is 6.92 Å². The molecule has 4 heteroatoms. The van der Waals surface area contributed by atoms with Crippen molar-refractivity contribution in [2.45, 2.75) is 39.8 Å². The minimum Gasteiger partial charge on any atom is -0.335 e. The Labute approximate surface area is 165 Å². The summed E-state index contributed by atoms with van der Waals surface area (Å²) in [7, 11) is 0. The van der Waals surface area contributed by atoms with Crippen molar-refractivity contribution in [1.82, 2.24) is 4.57 Å². The first-order valence-electron chi connectivity index (χ1n) is 9.64. The van der Waals surface area contributed by atoms with Gasteiger partial charge in [-0.05, 0) is 50.5 Å². The van der Waals surface area contributed by atoms with E-state index in [0.717, 1.165) is 29.1 Å². The summed E-state index contributed by atoms with van der Waals surface area (Å²) in [5.74, 6) is 0.0594. The van der Waals surface area contributed by atoms with Crippen LogP contribution >= 0.6 is 0 Å². The summed E-state index contributed by atoms with van der Waals surface area (Å²) < 4.78 is 1.97. The molecule has 28 heavy (non-hydrogen) atoms. The topological polar surface area (TPSA) is 42.3 Å². The van der Waals surface area contributed by atoms with Gasteiger partial charge in [-0.2, -0.15) is 0 Å². The summed E-state index contributed by atoms with van der Waals surface area (Å²) in [6.45, 7) is 5.78. The molecule has 0 radical (unpaired) electrons. The second-order valence-electron chi connectivity index (χ2n) is 7.48. The molecule has 0 unspecified atom stereocenters. The molecule has 1 aliphatic rings. The van der Waals surface area contributed by atoms with Crippen LogP contribution in [0.2, 0.25) is 0 Å². The highest BCUT2D eigenvalue weighted by atomic mass is 16.2. The number of rotatable bonds is 4. The van der Waals surface area contributed by atoms with Gasteiger partial charge in [0.25, 0.3) is 0 Å². The summed E-state index contributed by atoms with van der Waals surface area (Å²) in [6, 6.07) is 20.0. The van der Waals surface area contributed by atoms with Crippen molar-refractivity contribution in [3.63, 3.8) is 0 Å². The Bertz CT molecular complexity index is 1050. The second-order valence-corrected chi connectivity index (χ2v) is 7.48. The van der Waals surface area contributed by atoms with Crippen LogP contribution in [0.25, 0.3) is 11.3 Å². The molecule has 4 nitrogen and oxygen atoms in total. The molecule has 2 aromatic carbocycles. The minimum atomic E-state index is 0.0146. The van der Waals surface area contributed by atoms with Gasteiger partial charge in [0.2, 0.25) is 5.91 Å². The first-order valence-corrected chi connectivity index (χ1v) is 9.64.